The van der Waals surface area contributed by atoms with E-state index in [1.807, 2.05) is 32.0 Å². The molecule has 8 nitrogen and oxygen atoms in total. The zero-order valence-electron chi connectivity index (χ0n) is 27.0. The third-order valence-corrected chi connectivity index (χ3v) is 8.34. The minimum atomic E-state index is -3.04. The van der Waals surface area contributed by atoms with E-state index < -0.39 is 8.25 Å². The van der Waals surface area contributed by atoms with Gasteiger partial charge in [-0.2, -0.15) is 0 Å². The van der Waals surface area contributed by atoms with E-state index in [-0.39, 0.29) is 7.72 Å². The lowest BCUT2D eigenvalue weighted by atomic mass is 10.1. The average molecular weight is 667 g/mol. The van der Waals surface area contributed by atoms with E-state index in [1.165, 1.54) is 42.8 Å². The SMILES string of the molecule is CCOC(CSc1cc(C)c(C)c(OC)c1)OCC.COc1c(C)c(C)cc2sccc12.Cc1ccccc1.O=[P+]([O-])OO.[HH]. The summed E-state index contributed by atoms with van der Waals surface area (Å²) in [5, 5.41) is 10.4. The molecule has 0 spiro atoms. The van der Waals surface area contributed by atoms with Crippen LogP contribution in [-0.4, -0.2) is 44.7 Å². The van der Waals surface area contributed by atoms with Gasteiger partial charge in [-0.05, 0) is 105 Å². The van der Waals surface area contributed by atoms with Gasteiger partial charge >= 0.3 is 8.25 Å². The molecule has 0 bridgehead atoms. The molecular formula is C33H47O8PS2. The van der Waals surface area contributed by atoms with Crippen molar-refractivity contribution in [1.29, 1.82) is 0 Å². The summed E-state index contributed by atoms with van der Waals surface area (Å²) < 4.78 is 34.8. The first-order valence-electron chi connectivity index (χ1n) is 14.0. The summed E-state index contributed by atoms with van der Waals surface area (Å²) >= 11 is 3.49. The lowest BCUT2D eigenvalue weighted by molar-refractivity contribution is -0.244. The van der Waals surface area contributed by atoms with Crippen LogP contribution >= 0.6 is 31.4 Å². The van der Waals surface area contributed by atoms with E-state index in [9.17, 15) is 0 Å². The predicted molar refractivity (Wildman–Crippen MR) is 183 cm³/mol. The first kappa shape index (κ1) is 39.5. The van der Waals surface area contributed by atoms with Crippen LogP contribution in [0.5, 0.6) is 11.5 Å². The van der Waals surface area contributed by atoms with E-state index in [0.29, 0.717) is 13.2 Å². The Balaban J connectivity index is 0.000000639. The molecule has 0 fully saturated rings. The molecule has 0 aliphatic rings. The Labute approximate surface area is 272 Å². The summed E-state index contributed by atoms with van der Waals surface area (Å²) in [7, 11) is 0.400. The van der Waals surface area contributed by atoms with Gasteiger partial charge in [-0.1, -0.05) is 35.9 Å². The molecule has 244 valence electrons. The zero-order valence-corrected chi connectivity index (χ0v) is 29.6. The van der Waals surface area contributed by atoms with Gasteiger partial charge in [0.15, 0.2) is 6.29 Å². The summed E-state index contributed by atoms with van der Waals surface area (Å²) in [4.78, 5) is 10.1. The van der Waals surface area contributed by atoms with E-state index >= 15 is 0 Å². The molecule has 1 heterocycles. The van der Waals surface area contributed by atoms with E-state index in [4.69, 9.17) is 33.7 Å². The van der Waals surface area contributed by atoms with Crippen molar-refractivity contribution in [2.24, 2.45) is 0 Å². The second-order valence-electron chi connectivity index (χ2n) is 9.36. The van der Waals surface area contributed by atoms with Gasteiger partial charge in [-0.15, -0.1) is 23.1 Å². The minimum Gasteiger partial charge on any atom is -0.565 e. The number of thiophene rings is 1. The first-order chi connectivity index (χ1) is 21.0. The molecule has 1 atom stereocenters. The molecule has 1 unspecified atom stereocenters. The largest absolute Gasteiger partial charge is 0.565 e. The second kappa shape index (κ2) is 22.1. The van der Waals surface area contributed by atoms with E-state index in [1.54, 1.807) is 37.3 Å². The summed E-state index contributed by atoms with van der Waals surface area (Å²) in [6.07, 6.45) is -0.146. The smallest absolute Gasteiger partial charge is 0.521 e. The molecule has 4 aromatic rings. The van der Waals surface area contributed by atoms with Crippen molar-refractivity contribution in [3.8, 4) is 11.5 Å². The van der Waals surface area contributed by atoms with Crippen molar-refractivity contribution in [3.63, 3.8) is 0 Å². The number of aryl methyl sites for hydroxylation is 3. The highest BCUT2D eigenvalue weighted by atomic mass is 32.2. The maximum atomic E-state index is 8.93. The molecule has 3 aromatic carbocycles. The number of hydrogen-bond acceptors (Lipinski definition) is 10. The molecule has 1 aromatic heterocycles. The van der Waals surface area contributed by atoms with Crippen LogP contribution in [0.2, 0.25) is 0 Å². The summed E-state index contributed by atoms with van der Waals surface area (Å²) in [5.41, 5.74) is 6.30. The summed E-state index contributed by atoms with van der Waals surface area (Å²) in [5.74, 6) is 2.75. The summed E-state index contributed by atoms with van der Waals surface area (Å²) in [6, 6.07) is 18.8. The third kappa shape index (κ3) is 14.1. The molecule has 44 heavy (non-hydrogen) atoms. The van der Waals surface area contributed by atoms with Crippen LogP contribution in [0.1, 0.15) is 43.1 Å². The molecule has 0 saturated heterocycles. The molecule has 4 rings (SSSR count). The molecule has 0 radical (unpaired) electrons. The number of methoxy groups -OCH3 is 2. The van der Waals surface area contributed by atoms with Gasteiger partial charge in [0.2, 0.25) is 0 Å². The highest BCUT2D eigenvalue weighted by Gasteiger charge is 2.11. The van der Waals surface area contributed by atoms with Gasteiger partial charge in [-0.3, -0.25) is 0 Å². The number of fused-ring (bicyclic) bond motifs is 1. The number of hydrogen-bond donors (Lipinski definition) is 1. The van der Waals surface area contributed by atoms with E-state index in [0.717, 1.165) is 17.3 Å². The fraction of sp³-hybridized carbons (Fsp3) is 0.394. The molecule has 0 aliphatic carbocycles. The van der Waals surface area contributed by atoms with Crippen LogP contribution in [0.25, 0.3) is 10.1 Å². The van der Waals surface area contributed by atoms with Crippen LogP contribution in [0.15, 0.2) is 64.9 Å². The average Bonchev–Trinajstić information content (AvgIpc) is 3.47. The molecule has 0 amide bonds. The Kier molecular flexibility index (Phi) is 19.8. The molecule has 0 saturated carbocycles. The van der Waals surface area contributed by atoms with Crippen molar-refractivity contribution >= 4 is 41.4 Å². The number of ether oxygens (including phenoxy) is 4. The van der Waals surface area contributed by atoms with Gasteiger partial charge in [-0.25, -0.2) is 5.26 Å². The van der Waals surface area contributed by atoms with Crippen molar-refractivity contribution in [3.05, 3.63) is 87.8 Å². The van der Waals surface area contributed by atoms with Gasteiger partial charge in [0.25, 0.3) is 0 Å². The Morgan fingerprint density at radius 2 is 1.50 bits per heavy atom. The molecular weight excluding hydrogens is 619 g/mol. The predicted octanol–water partition coefficient (Wildman–Crippen LogP) is 9.06. The van der Waals surface area contributed by atoms with Crippen molar-refractivity contribution in [2.45, 2.75) is 59.7 Å². The molecule has 0 aliphatic heterocycles. The van der Waals surface area contributed by atoms with Crippen molar-refractivity contribution in [1.82, 2.24) is 0 Å². The third-order valence-electron chi connectivity index (χ3n) is 6.34. The minimum absolute atomic E-state index is 0. The summed E-state index contributed by atoms with van der Waals surface area (Å²) in [6.45, 7) is 15.8. The Bertz CT molecular complexity index is 1400. The zero-order chi connectivity index (χ0) is 33.1. The van der Waals surface area contributed by atoms with E-state index in [2.05, 4.69) is 81.1 Å². The van der Waals surface area contributed by atoms with Gasteiger partial charge < -0.3 is 23.8 Å². The van der Waals surface area contributed by atoms with Crippen LogP contribution < -0.4 is 14.4 Å². The highest BCUT2D eigenvalue weighted by Crippen LogP contribution is 2.34. The maximum Gasteiger partial charge on any atom is 0.521 e. The topological polar surface area (TPSA) is 107 Å². The van der Waals surface area contributed by atoms with Crippen molar-refractivity contribution < 1.29 is 39.8 Å². The van der Waals surface area contributed by atoms with Crippen LogP contribution in [-0.2, 0) is 18.7 Å². The van der Waals surface area contributed by atoms with Gasteiger partial charge in [0.05, 0.1) is 14.2 Å². The number of thioether (sulfide) groups is 1. The quantitative estimate of drug-likeness (QED) is 0.0583. The van der Waals surface area contributed by atoms with Crippen molar-refractivity contribution in [2.75, 3.05) is 33.2 Å². The Morgan fingerprint density at radius 1 is 0.909 bits per heavy atom. The standard InChI is InChI=1S/C15H24O3S.C11H12OS.C7H8.HO4P.H2/c1-6-17-15(18-7-2)10-19-13-8-11(3)12(4)14(9-13)16-5;1-7-6-10-9(4-5-13-10)11(12-3)8(7)2;1-7-5-3-2-4-6-7;1-4-5(2)3;/h8-9,15H,6-7,10H2,1-5H3;4-6H,1-3H3;2-6H,1H3;1H;1H. The highest BCUT2D eigenvalue weighted by molar-refractivity contribution is 7.99. The molecule has 1 N–H and O–H groups in total. The number of rotatable bonds is 10. The van der Waals surface area contributed by atoms with Crippen LogP contribution in [0.3, 0.4) is 0 Å². The molecule has 11 heteroatoms. The van der Waals surface area contributed by atoms with Crippen LogP contribution in [0, 0.1) is 34.6 Å². The maximum absolute atomic E-state index is 8.93. The lowest BCUT2D eigenvalue weighted by Crippen LogP contribution is -2.19. The van der Waals surface area contributed by atoms with Gasteiger partial charge in [0.1, 0.15) is 11.5 Å². The lowest BCUT2D eigenvalue weighted by Gasteiger charge is -2.17. The monoisotopic (exact) mass is 666 g/mol. The van der Waals surface area contributed by atoms with Crippen LogP contribution in [0.4, 0.5) is 0 Å². The first-order valence-corrected chi connectivity index (χ1v) is 17.0. The van der Waals surface area contributed by atoms with Gasteiger partial charge in [0, 0.05) is 40.0 Å². The number of benzene rings is 3. The fourth-order valence-electron chi connectivity index (χ4n) is 3.87. The Hall–Kier alpha value is -2.53. The Morgan fingerprint density at radius 3 is 1.98 bits per heavy atom. The normalized spacial score (nSPS) is 10.6. The second-order valence-corrected chi connectivity index (χ2v) is 12.0. The fourth-order valence-corrected chi connectivity index (χ4v) is 5.73.